The third-order valence-electron chi connectivity index (χ3n) is 2.90. The fourth-order valence-corrected chi connectivity index (χ4v) is 1.73. The van der Waals surface area contributed by atoms with E-state index in [0.717, 1.165) is 12.2 Å². The molecule has 4 heteroatoms. The lowest BCUT2D eigenvalue weighted by molar-refractivity contribution is -0.149. The Bertz CT molecular complexity index is 416. The first-order chi connectivity index (χ1) is 8.99. The Morgan fingerprint density at radius 3 is 2.74 bits per heavy atom. The van der Waals surface area contributed by atoms with Crippen molar-refractivity contribution in [2.75, 3.05) is 20.3 Å². The van der Waals surface area contributed by atoms with Crippen molar-refractivity contribution in [1.29, 1.82) is 0 Å². The van der Waals surface area contributed by atoms with E-state index in [1.807, 2.05) is 45.0 Å². The summed E-state index contributed by atoms with van der Waals surface area (Å²) in [5, 5.41) is 3.21. The molecular weight excluding hydrogens is 242 g/mol. The second-order valence-electron chi connectivity index (χ2n) is 4.87. The van der Waals surface area contributed by atoms with Crippen LogP contribution < -0.4 is 10.1 Å². The highest BCUT2D eigenvalue weighted by molar-refractivity contribution is 5.79. The predicted octanol–water partition coefficient (Wildman–Crippen LogP) is 2.17. The minimum absolute atomic E-state index is 0.222. The summed E-state index contributed by atoms with van der Waals surface area (Å²) in [7, 11) is 1.65. The average Bonchev–Trinajstić information content (AvgIpc) is 2.39. The number of ether oxygens (including phenoxy) is 2. The van der Waals surface area contributed by atoms with Gasteiger partial charge in [-0.1, -0.05) is 12.1 Å². The Balaban J connectivity index is 2.46. The summed E-state index contributed by atoms with van der Waals surface area (Å²) in [6, 6.07) is 7.92. The molecule has 0 radical (unpaired) electrons. The fourth-order valence-electron chi connectivity index (χ4n) is 1.73. The second kappa shape index (κ2) is 7.14. The Hall–Kier alpha value is -1.55. The Labute approximate surface area is 115 Å². The third kappa shape index (κ3) is 4.91. The number of rotatable bonds is 7. The molecule has 0 fully saturated rings. The minimum atomic E-state index is -0.658. The highest BCUT2D eigenvalue weighted by atomic mass is 16.5. The van der Waals surface area contributed by atoms with Crippen LogP contribution in [0.2, 0.25) is 0 Å². The first-order valence-electron chi connectivity index (χ1n) is 6.54. The van der Waals surface area contributed by atoms with Gasteiger partial charge >= 0.3 is 5.97 Å². The van der Waals surface area contributed by atoms with E-state index in [9.17, 15) is 4.79 Å². The van der Waals surface area contributed by atoms with Gasteiger partial charge in [0.1, 0.15) is 11.3 Å². The summed E-state index contributed by atoms with van der Waals surface area (Å²) in [5.41, 5.74) is 0.515. The van der Waals surface area contributed by atoms with Gasteiger partial charge in [0, 0.05) is 6.54 Å². The van der Waals surface area contributed by atoms with E-state index in [-0.39, 0.29) is 5.97 Å². The van der Waals surface area contributed by atoms with Crippen molar-refractivity contribution in [2.45, 2.75) is 32.7 Å². The SMILES string of the molecule is CCOC(=O)C(C)(C)NCCc1cccc(OC)c1. The first kappa shape index (κ1) is 15.5. The van der Waals surface area contributed by atoms with Gasteiger partial charge in [-0.3, -0.25) is 4.79 Å². The number of methoxy groups -OCH3 is 1. The Kier molecular flexibility index (Phi) is 5.83. The summed E-state index contributed by atoms with van der Waals surface area (Å²) >= 11 is 0. The molecule has 0 heterocycles. The van der Waals surface area contributed by atoms with Gasteiger partial charge in [0.25, 0.3) is 0 Å². The standard InChI is InChI=1S/C15H23NO3/c1-5-19-14(17)15(2,3)16-10-9-12-7-6-8-13(11-12)18-4/h6-8,11,16H,5,9-10H2,1-4H3. The molecule has 1 aromatic rings. The van der Waals surface area contributed by atoms with Gasteiger partial charge < -0.3 is 14.8 Å². The predicted molar refractivity (Wildman–Crippen MR) is 75.4 cm³/mol. The molecule has 0 amide bonds. The molecule has 4 nitrogen and oxygen atoms in total. The van der Waals surface area contributed by atoms with Crippen molar-refractivity contribution in [3.63, 3.8) is 0 Å². The lowest BCUT2D eigenvalue weighted by atomic mass is 10.1. The van der Waals surface area contributed by atoms with Crippen molar-refractivity contribution in [3.8, 4) is 5.75 Å². The van der Waals surface area contributed by atoms with Gasteiger partial charge in [-0.25, -0.2) is 0 Å². The smallest absolute Gasteiger partial charge is 0.325 e. The second-order valence-corrected chi connectivity index (χ2v) is 4.87. The molecule has 0 saturated carbocycles. The van der Waals surface area contributed by atoms with Gasteiger partial charge in [-0.2, -0.15) is 0 Å². The summed E-state index contributed by atoms with van der Waals surface area (Å²) in [6.45, 7) is 6.58. The molecule has 0 aliphatic carbocycles. The van der Waals surface area contributed by atoms with Crippen molar-refractivity contribution in [3.05, 3.63) is 29.8 Å². The van der Waals surface area contributed by atoms with Crippen molar-refractivity contribution in [1.82, 2.24) is 5.32 Å². The van der Waals surface area contributed by atoms with E-state index >= 15 is 0 Å². The molecule has 0 aliphatic heterocycles. The molecule has 0 bridgehead atoms. The normalized spacial score (nSPS) is 11.2. The van der Waals surface area contributed by atoms with Crippen LogP contribution in [0.25, 0.3) is 0 Å². The van der Waals surface area contributed by atoms with E-state index in [2.05, 4.69) is 5.32 Å². The van der Waals surface area contributed by atoms with Crippen molar-refractivity contribution >= 4 is 5.97 Å². The van der Waals surface area contributed by atoms with Crippen LogP contribution in [0.4, 0.5) is 0 Å². The largest absolute Gasteiger partial charge is 0.497 e. The van der Waals surface area contributed by atoms with Gasteiger partial charge in [0.2, 0.25) is 0 Å². The van der Waals surface area contributed by atoms with Crippen molar-refractivity contribution in [2.24, 2.45) is 0 Å². The van der Waals surface area contributed by atoms with E-state index in [1.54, 1.807) is 7.11 Å². The molecule has 19 heavy (non-hydrogen) atoms. The topological polar surface area (TPSA) is 47.6 Å². The summed E-state index contributed by atoms with van der Waals surface area (Å²) < 4.78 is 10.2. The van der Waals surface area contributed by atoms with E-state index in [1.165, 1.54) is 5.56 Å². The molecule has 106 valence electrons. The van der Waals surface area contributed by atoms with Crippen LogP contribution in [0.5, 0.6) is 5.75 Å². The monoisotopic (exact) mass is 265 g/mol. The number of benzene rings is 1. The quantitative estimate of drug-likeness (QED) is 0.768. The number of esters is 1. The Morgan fingerprint density at radius 2 is 2.11 bits per heavy atom. The zero-order chi connectivity index (χ0) is 14.3. The highest BCUT2D eigenvalue weighted by Gasteiger charge is 2.27. The molecule has 0 unspecified atom stereocenters. The molecule has 1 aromatic carbocycles. The lowest BCUT2D eigenvalue weighted by Crippen LogP contribution is -2.48. The van der Waals surface area contributed by atoms with E-state index < -0.39 is 5.54 Å². The highest BCUT2D eigenvalue weighted by Crippen LogP contribution is 2.13. The summed E-state index contributed by atoms with van der Waals surface area (Å²) in [6.07, 6.45) is 0.833. The number of hydrogen-bond acceptors (Lipinski definition) is 4. The van der Waals surface area contributed by atoms with Crippen LogP contribution in [0.1, 0.15) is 26.3 Å². The molecule has 1 rings (SSSR count). The first-order valence-corrected chi connectivity index (χ1v) is 6.54. The molecule has 0 aromatic heterocycles. The maximum atomic E-state index is 11.7. The van der Waals surface area contributed by atoms with Crippen LogP contribution >= 0.6 is 0 Å². The van der Waals surface area contributed by atoms with Crippen LogP contribution in [-0.4, -0.2) is 31.8 Å². The van der Waals surface area contributed by atoms with Crippen LogP contribution in [0.15, 0.2) is 24.3 Å². The molecule has 0 saturated heterocycles. The van der Waals surface area contributed by atoms with Gasteiger partial charge in [-0.05, 0) is 44.9 Å². The maximum Gasteiger partial charge on any atom is 0.325 e. The third-order valence-corrected chi connectivity index (χ3v) is 2.90. The molecule has 0 spiro atoms. The summed E-state index contributed by atoms with van der Waals surface area (Å²) in [4.78, 5) is 11.7. The van der Waals surface area contributed by atoms with Crippen LogP contribution in [-0.2, 0) is 16.0 Å². The van der Waals surface area contributed by atoms with Gasteiger partial charge in [0.15, 0.2) is 0 Å². The van der Waals surface area contributed by atoms with Crippen LogP contribution in [0.3, 0.4) is 0 Å². The van der Waals surface area contributed by atoms with Crippen molar-refractivity contribution < 1.29 is 14.3 Å². The van der Waals surface area contributed by atoms with E-state index in [4.69, 9.17) is 9.47 Å². The number of carbonyl (C=O) groups excluding carboxylic acids is 1. The molecule has 0 aliphatic rings. The minimum Gasteiger partial charge on any atom is -0.497 e. The molecule has 1 N–H and O–H groups in total. The van der Waals surface area contributed by atoms with E-state index in [0.29, 0.717) is 13.2 Å². The average molecular weight is 265 g/mol. The maximum absolute atomic E-state index is 11.7. The lowest BCUT2D eigenvalue weighted by Gasteiger charge is -2.23. The number of nitrogens with one attached hydrogen (secondary N) is 1. The van der Waals surface area contributed by atoms with Gasteiger partial charge in [-0.15, -0.1) is 0 Å². The molecule has 0 atom stereocenters. The zero-order valence-corrected chi connectivity index (χ0v) is 12.2. The Morgan fingerprint density at radius 1 is 1.37 bits per heavy atom. The zero-order valence-electron chi connectivity index (χ0n) is 12.2. The van der Waals surface area contributed by atoms with Crippen LogP contribution in [0, 0.1) is 0 Å². The fraction of sp³-hybridized carbons (Fsp3) is 0.533. The van der Waals surface area contributed by atoms with Gasteiger partial charge in [0.05, 0.1) is 13.7 Å². The summed E-state index contributed by atoms with van der Waals surface area (Å²) in [5.74, 6) is 0.628. The number of carbonyl (C=O) groups is 1. The molecular formula is C15H23NO3. The number of hydrogen-bond donors (Lipinski definition) is 1.